The highest BCUT2D eigenvalue weighted by molar-refractivity contribution is 5.80. The Balaban J connectivity index is 2.66. The van der Waals surface area contributed by atoms with Crippen LogP contribution in [0.5, 0.6) is 0 Å². The molecule has 0 unspecified atom stereocenters. The Kier molecular flexibility index (Phi) is 1.90. The highest BCUT2D eigenvalue weighted by Gasteiger charge is 2.39. The molecule has 2 atom stereocenters. The van der Waals surface area contributed by atoms with Crippen LogP contribution in [0.3, 0.4) is 0 Å². The van der Waals surface area contributed by atoms with Gasteiger partial charge in [0, 0.05) is 0 Å². The maximum absolute atomic E-state index is 10.8. The van der Waals surface area contributed by atoms with E-state index in [0.717, 1.165) is 0 Å². The van der Waals surface area contributed by atoms with Crippen molar-refractivity contribution in [3.8, 4) is 0 Å². The summed E-state index contributed by atoms with van der Waals surface area (Å²) in [6.45, 7) is 5.57. The lowest BCUT2D eigenvalue weighted by molar-refractivity contribution is -0.120. The molecule has 1 saturated heterocycles. The Bertz CT molecular complexity index is 179. The normalized spacial score (nSPS) is 35.5. The van der Waals surface area contributed by atoms with E-state index in [4.69, 9.17) is 10.5 Å². The summed E-state index contributed by atoms with van der Waals surface area (Å²) in [6, 6.07) is -0.356. The number of nitrogens with one attached hydrogen (secondary N) is 1. The molecule has 1 heterocycles. The maximum atomic E-state index is 10.8. The van der Waals surface area contributed by atoms with Gasteiger partial charge in [-0.25, -0.2) is 0 Å². The second-order valence-electron chi connectivity index (χ2n) is 3.36. The summed E-state index contributed by atoms with van der Waals surface area (Å²) in [5.41, 5.74) is 4.70. The first-order valence-electron chi connectivity index (χ1n) is 3.67. The number of hydrogen-bond acceptors (Lipinski definition) is 3. The van der Waals surface area contributed by atoms with Gasteiger partial charge in [-0.1, -0.05) is 0 Å². The molecule has 0 aromatic heterocycles. The third kappa shape index (κ3) is 1.70. The first-order valence-corrected chi connectivity index (χ1v) is 3.67. The molecule has 4 nitrogen and oxygen atoms in total. The van der Waals surface area contributed by atoms with Crippen molar-refractivity contribution in [2.45, 2.75) is 38.6 Å². The molecule has 0 aliphatic carbocycles. The van der Waals surface area contributed by atoms with Gasteiger partial charge in [-0.2, -0.15) is 0 Å². The van der Waals surface area contributed by atoms with Gasteiger partial charge in [-0.3, -0.25) is 10.1 Å². The zero-order valence-corrected chi connectivity index (χ0v) is 7.05. The average molecular weight is 158 g/mol. The first-order chi connectivity index (χ1) is 4.92. The topological polar surface area (TPSA) is 64.3 Å². The molecule has 3 N–H and O–H groups in total. The van der Waals surface area contributed by atoms with Gasteiger partial charge in [0.25, 0.3) is 0 Å². The van der Waals surface area contributed by atoms with Crippen LogP contribution in [0.2, 0.25) is 0 Å². The lowest BCUT2D eigenvalue weighted by Gasteiger charge is -2.17. The van der Waals surface area contributed by atoms with E-state index >= 15 is 0 Å². The van der Waals surface area contributed by atoms with Crippen molar-refractivity contribution in [1.29, 1.82) is 0 Å². The van der Waals surface area contributed by atoms with Gasteiger partial charge >= 0.3 is 0 Å². The van der Waals surface area contributed by atoms with Crippen molar-refractivity contribution in [1.82, 2.24) is 5.32 Å². The molecule has 0 saturated carbocycles. The third-order valence-corrected chi connectivity index (χ3v) is 1.76. The van der Waals surface area contributed by atoms with E-state index in [1.807, 2.05) is 20.8 Å². The fourth-order valence-corrected chi connectivity index (χ4v) is 1.36. The Labute approximate surface area is 66.1 Å². The summed E-state index contributed by atoms with van der Waals surface area (Å²) in [7, 11) is 0. The SMILES string of the molecule is C[C@H]1OC(C)(C)N[C@@H]1C(N)=O. The van der Waals surface area contributed by atoms with Crippen molar-refractivity contribution in [3.05, 3.63) is 0 Å². The van der Waals surface area contributed by atoms with Gasteiger partial charge < -0.3 is 10.5 Å². The molecule has 0 aromatic rings. The van der Waals surface area contributed by atoms with Crippen LogP contribution in [-0.2, 0) is 9.53 Å². The Morgan fingerprint density at radius 3 is 2.36 bits per heavy atom. The number of nitrogens with two attached hydrogens (primary N) is 1. The highest BCUT2D eigenvalue weighted by atomic mass is 16.5. The average Bonchev–Trinajstić information content (AvgIpc) is 2.05. The van der Waals surface area contributed by atoms with E-state index in [1.165, 1.54) is 0 Å². The molecule has 1 amide bonds. The van der Waals surface area contributed by atoms with Gasteiger partial charge in [-0.15, -0.1) is 0 Å². The van der Waals surface area contributed by atoms with Gasteiger partial charge in [0.05, 0.1) is 6.10 Å². The lowest BCUT2D eigenvalue weighted by atomic mass is 10.2. The third-order valence-electron chi connectivity index (χ3n) is 1.76. The van der Waals surface area contributed by atoms with Crippen molar-refractivity contribution in [2.24, 2.45) is 5.73 Å². The van der Waals surface area contributed by atoms with Gasteiger partial charge in [-0.05, 0) is 20.8 Å². The van der Waals surface area contributed by atoms with Crippen LogP contribution >= 0.6 is 0 Å². The number of primary amides is 1. The van der Waals surface area contributed by atoms with Crippen LogP contribution in [-0.4, -0.2) is 23.8 Å². The summed E-state index contributed by atoms with van der Waals surface area (Å²) in [4.78, 5) is 10.8. The fraction of sp³-hybridized carbons (Fsp3) is 0.857. The molecule has 1 rings (SSSR count). The Hall–Kier alpha value is -0.610. The zero-order valence-electron chi connectivity index (χ0n) is 7.05. The van der Waals surface area contributed by atoms with Crippen molar-refractivity contribution < 1.29 is 9.53 Å². The molecular weight excluding hydrogens is 144 g/mol. The monoisotopic (exact) mass is 158 g/mol. The molecule has 0 radical (unpaired) electrons. The second kappa shape index (κ2) is 2.46. The molecule has 0 aromatic carbocycles. The van der Waals surface area contributed by atoms with Crippen LogP contribution < -0.4 is 11.1 Å². The standard InChI is InChI=1S/C7H14N2O2/c1-4-5(6(8)10)9-7(2,3)11-4/h4-5,9H,1-3H3,(H2,8,10)/t4-,5+/m1/s1. The quantitative estimate of drug-likeness (QED) is 0.545. The number of carbonyl (C=O) groups is 1. The minimum atomic E-state index is -0.431. The molecule has 0 bridgehead atoms. The summed E-state index contributed by atoms with van der Waals surface area (Å²) in [5.74, 6) is -0.358. The van der Waals surface area contributed by atoms with E-state index in [0.29, 0.717) is 0 Å². The molecular formula is C7H14N2O2. The number of amides is 1. The number of hydrogen-bond donors (Lipinski definition) is 2. The van der Waals surface area contributed by atoms with Crippen LogP contribution in [0.4, 0.5) is 0 Å². The van der Waals surface area contributed by atoms with E-state index in [2.05, 4.69) is 5.32 Å². The van der Waals surface area contributed by atoms with Crippen LogP contribution in [0.1, 0.15) is 20.8 Å². The summed E-state index contributed by atoms with van der Waals surface area (Å²) in [6.07, 6.45) is -0.137. The van der Waals surface area contributed by atoms with Crippen molar-refractivity contribution in [2.75, 3.05) is 0 Å². The number of carbonyl (C=O) groups excluding carboxylic acids is 1. The number of rotatable bonds is 1. The molecule has 1 aliphatic rings. The molecule has 11 heavy (non-hydrogen) atoms. The van der Waals surface area contributed by atoms with Gasteiger partial charge in [0.15, 0.2) is 0 Å². The zero-order chi connectivity index (χ0) is 8.65. The van der Waals surface area contributed by atoms with Gasteiger partial charge in [0.1, 0.15) is 11.8 Å². The van der Waals surface area contributed by atoms with E-state index < -0.39 is 5.72 Å². The molecule has 64 valence electrons. The molecule has 1 fully saturated rings. The maximum Gasteiger partial charge on any atom is 0.237 e. The summed E-state index contributed by atoms with van der Waals surface area (Å²) >= 11 is 0. The van der Waals surface area contributed by atoms with Crippen LogP contribution in [0, 0.1) is 0 Å². The Morgan fingerprint density at radius 1 is 1.64 bits per heavy atom. The van der Waals surface area contributed by atoms with Crippen molar-refractivity contribution in [3.63, 3.8) is 0 Å². The molecule has 0 spiro atoms. The van der Waals surface area contributed by atoms with Gasteiger partial charge in [0.2, 0.25) is 5.91 Å². The lowest BCUT2D eigenvalue weighted by Crippen LogP contribution is -2.46. The predicted octanol–water partition coefficient (Wildman–Crippen LogP) is -0.415. The summed E-state index contributed by atoms with van der Waals surface area (Å²) in [5, 5.41) is 2.98. The second-order valence-corrected chi connectivity index (χ2v) is 3.36. The van der Waals surface area contributed by atoms with E-state index in [9.17, 15) is 4.79 Å². The van der Waals surface area contributed by atoms with Crippen LogP contribution in [0.25, 0.3) is 0 Å². The largest absolute Gasteiger partial charge is 0.368 e. The molecule has 4 heteroatoms. The highest BCUT2D eigenvalue weighted by Crippen LogP contribution is 2.19. The predicted molar refractivity (Wildman–Crippen MR) is 40.7 cm³/mol. The number of ether oxygens (including phenoxy) is 1. The fourth-order valence-electron chi connectivity index (χ4n) is 1.36. The van der Waals surface area contributed by atoms with Crippen LogP contribution in [0.15, 0.2) is 0 Å². The minimum Gasteiger partial charge on any atom is -0.368 e. The van der Waals surface area contributed by atoms with Crippen molar-refractivity contribution >= 4 is 5.91 Å². The molecule has 1 aliphatic heterocycles. The Morgan fingerprint density at radius 2 is 2.18 bits per heavy atom. The van der Waals surface area contributed by atoms with E-state index in [-0.39, 0.29) is 18.1 Å². The minimum absolute atomic E-state index is 0.137. The summed E-state index contributed by atoms with van der Waals surface area (Å²) < 4.78 is 5.41. The smallest absolute Gasteiger partial charge is 0.237 e. The van der Waals surface area contributed by atoms with E-state index in [1.54, 1.807) is 0 Å². The first kappa shape index (κ1) is 8.49.